The van der Waals surface area contributed by atoms with Gasteiger partial charge in [0, 0.05) is 50.6 Å². The minimum atomic E-state index is 0.799. The van der Waals surface area contributed by atoms with Gasteiger partial charge < -0.3 is 20.9 Å². The summed E-state index contributed by atoms with van der Waals surface area (Å²) in [5, 5.41) is 3.47. The zero-order chi connectivity index (χ0) is 16.8. The van der Waals surface area contributed by atoms with Crippen LogP contribution in [0.2, 0.25) is 0 Å². The van der Waals surface area contributed by atoms with Gasteiger partial charge >= 0.3 is 0 Å². The average Bonchev–Trinajstić information content (AvgIpc) is 2.64. The number of nitrogens with two attached hydrogens (primary N) is 1. The summed E-state index contributed by atoms with van der Waals surface area (Å²) >= 11 is 0. The number of piperazine rings is 1. The van der Waals surface area contributed by atoms with Crippen molar-refractivity contribution in [3.8, 4) is 0 Å². The molecule has 0 saturated carbocycles. The predicted molar refractivity (Wildman–Crippen MR) is 102 cm³/mol. The fourth-order valence-corrected chi connectivity index (χ4v) is 3.18. The van der Waals surface area contributed by atoms with Crippen LogP contribution >= 0.6 is 0 Å². The van der Waals surface area contributed by atoms with Crippen molar-refractivity contribution >= 4 is 11.4 Å². The highest BCUT2D eigenvalue weighted by Gasteiger charge is 2.15. The van der Waals surface area contributed by atoms with E-state index in [4.69, 9.17) is 5.73 Å². The molecule has 1 aliphatic rings. The van der Waals surface area contributed by atoms with E-state index in [9.17, 15) is 0 Å². The molecule has 4 heteroatoms. The molecule has 128 valence electrons. The lowest BCUT2D eigenvalue weighted by Crippen LogP contribution is -2.46. The van der Waals surface area contributed by atoms with Crippen LogP contribution in [0, 0.1) is 0 Å². The Kier molecular flexibility index (Phi) is 5.72. The van der Waals surface area contributed by atoms with Crippen LogP contribution in [0.3, 0.4) is 0 Å². The Labute approximate surface area is 145 Å². The van der Waals surface area contributed by atoms with Gasteiger partial charge in [-0.3, -0.25) is 0 Å². The molecule has 1 heterocycles. The van der Waals surface area contributed by atoms with Crippen LogP contribution in [-0.4, -0.2) is 37.6 Å². The maximum Gasteiger partial charge on any atom is 0.0367 e. The molecular formula is C20H28N4. The number of hydrogen-bond acceptors (Lipinski definition) is 4. The molecule has 0 aromatic heterocycles. The van der Waals surface area contributed by atoms with Gasteiger partial charge in [0.05, 0.1) is 0 Å². The molecule has 24 heavy (non-hydrogen) atoms. The Morgan fingerprint density at radius 1 is 0.917 bits per heavy atom. The lowest BCUT2D eigenvalue weighted by molar-refractivity contribution is 0.271. The number of hydrogen-bond donors (Lipinski definition) is 2. The Bertz CT molecular complexity index is 630. The summed E-state index contributed by atoms with van der Waals surface area (Å²) in [6.07, 6.45) is 0. The molecule has 0 radical (unpaired) electrons. The van der Waals surface area contributed by atoms with Gasteiger partial charge in [0.25, 0.3) is 0 Å². The summed E-state index contributed by atoms with van der Waals surface area (Å²) in [5.74, 6) is 0. The van der Waals surface area contributed by atoms with Crippen molar-refractivity contribution in [2.24, 2.45) is 0 Å². The van der Waals surface area contributed by atoms with E-state index in [0.717, 1.165) is 57.1 Å². The van der Waals surface area contributed by atoms with Crippen LogP contribution in [0.25, 0.3) is 0 Å². The van der Waals surface area contributed by atoms with Crippen LogP contribution in [0.5, 0.6) is 0 Å². The zero-order valence-corrected chi connectivity index (χ0v) is 14.5. The SMILES string of the molecule is CCN1CCN(c2ccc(CNCc3ccccc3N)cc2)CC1. The van der Waals surface area contributed by atoms with Gasteiger partial charge in [0.1, 0.15) is 0 Å². The van der Waals surface area contributed by atoms with E-state index in [1.165, 1.54) is 11.3 Å². The lowest BCUT2D eigenvalue weighted by Gasteiger charge is -2.35. The van der Waals surface area contributed by atoms with Crippen molar-refractivity contribution in [2.75, 3.05) is 43.4 Å². The zero-order valence-electron chi connectivity index (χ0n) is 14.5. The lowest BCUT2D eigenvalue weighted by atomic mass is 10.1. The van der Waals surface area contributed by atoms with Crippen LogP contribution < -0.4 is 16.0 Å². The van der Waals surface area contributed by atoms with Gasteiger partial charge in [-0.2, -0.15) is 0 Å². The number of para-hydroxylation sites is 1. The second-order valence-electron chi connectivity index (χ2n) is 6.39. The Morgan fingerprint density at radius 3 is 2.29 bits per heavy atom. The molecule has 0 unspecified atom stereocenters. The highest BCUT2D eigenvalue weighted by molar-refractivity contribution is 5.48. The Balaban J connectivity index is 1.49. The molecule has 2 aromatic rings. The van der Waals surface area contributed by atoms with Crippen molar-refractivity contribution in [2.45, 2.75) is 20.0 Å². The smallest absolute Gasteiger partial charge is 0.0367 e. The molecule has 1 aliphatic heterocycles. The molecule has 2 aromatic carbocycles. The van der Waals surface area contributed by atoms with Gasteiger partial charge in [0.15, 0.2) is 0 Å². The first-order chi connectivity index (χ1) is 11.8. The molecule has 3 N–H and O–H groups in total. The highest BCUT2D eigenvalue weighted by Crippen LogP contribution is 2.17. The van der Waals surface area contributed by atoms with Crippen LogP contribution in [-0.2, 0) is 13.1 Å². The van der Waals surface area contributed by atoms with E-state index in [1.54, 1.807) is 0 Å². The summed E-state index contributed by atoms with van der Waals surface area (Å²) in [6, 6.07) is 17.0. The second kappa shape index (κ2) is 8.18. The van der Waals surface area contributed by atoms with Crippen molar-refractivity contribution in [1.29, 1.82) is 0 Å². The van der Waals surface area contributed by atoms with E-state index < -0.39 is 0 Å². The van der Waals surface area contributed by atoms with E-state index in [-0.39, 0.29) is 0 Å². The van der Waals surface area contributed by atoms with E-state index >= 15 is 0 Å². The molecule has 0 atom stereocenters. The Hall–Kier alpha value is -2.04. The monoisotopic (exact) mass is 324 g/mol. The van der Waals surface area contributed by atoms with Gasteiger partial charge in [-0.1, -0.05) is 37.3 Å². The fourth-order valence-electron chi connectivity index (χ4n) is 3.18. The average molecular weight is 324 g/mol. The number of rotatable bonds is 6. The van der Waals surface area contributed by atoms with Crippen LogP contribution in [0.15, 0.2) is 48.5 Å². The van der Waals surface area contributed by atoms with Gasteiger partial charge in [0.2, 0.25) is 0 Å². The van der Waals surface area contributed by atoms with Crippen molar-refractivity contribution in [3.05, 3.63) is 59.7 Å². The molecule has 1 saturated heterocycles. The number of nitrogens with zero attached hydrogens (tertiary/aromatic N) is 2. The number of anilines is 2. The van der Waals surface area contributed by atoms with E-state index in [0.29, 0.717) is 0 Å². The summed E-state index contributed by atoms with van der Waals surface area (Å²) in [7, 11) is 0. The second-order valence-corrected chi connectivity index (χ2v) is 6.39. The first kappa shape index (κ1) is 16.8. The number of likely N-dealkylation sites (N-methyl/N-ethyl adjacent to an activating group) is 1. The summed E-state index contributed by atoms with van der Waals surface area (Å²) in [4.78, 5) is 4.98. The first-order valence-electron chi connectivity index (χ1n) is 8.86. The van der Waals surface area contributed by atoms with Gasteiger partial charge in [-0.05, 0) is 35.9 Å². The molecular weight excluding hydrogens is 296 g/mol. The highest BCUT2D eigenvalue weighted by atomic mass is 15.3. The third-order valence-electron chi connectivity index (χ3n) is 4.82. The molecule has 0 spiro atoms. The maximum absolute atomic E-state index is 5.97. The number of benzene rings is 2. The molecule has 0 bridgehead atoms. The maximum atomic E-state index is 5.97. The third kappa shape index (κ3) is 4.28. The summed E-state index contributed by atoms with van der Waals surface area (Å²) < 4.78 is 0. The molecule has 1 fully saturated rings. The summed E-state index contributed by atoms with van der Waals surface area (Å²) in [5.41, 5.74) is 10.6. The molecule has 4 nitrogen and oxygen atoms in total. The van der Waals surface area contributed by atoms with Crippen LogP contribution in [0.4, 0.5) is 11.4 Å². The number of nitrogens with one attached hydrogen (secondary N) is 1. The van der Waals surface area contributed by atoms with Gasteiger partial charge in [-0.25, -0.2) is 0 Å². The summed E-state index contributed by atoms with van der Waals surface area (Å²) in [6.45, 7) is 9.63. The van der Waals surface area contributed by atoms with E-state index in [2.05, 4.69) is 52.4 Å². The van der Waals surface area contributed by atoms with E-state index in [1.807, 2.05) is 18.2 Å². The number of nitrogen functional groups attached to an aromatic ring is 1. The molecule has 0 aliphatic carbocycles. The topological polar surface area (TPSA) is 44.5 Å². The minimum Gasteiger partial charge on any atom is -0.398 e. The van der Waals surface area contributed by atoms with Crippen molar-refractivity contribution in [1.82, 2.24) is 10.2 Å². The standard InChI is InChI=1S/C20H28N4/c1-2-23-11-13-24(14-12-23)19-9-7-17(8-10-19)15-22-16-18-5-3-4-6-20(18)21/h3-10,22H,2,11-16,21H2,1H3. The normalized spacial score (nSPS) is 15.6. The molecule has 3 rings (SSSR count). The molecule has 0 amide bonds. The third-order valence-corrected chi connectivity index (χ3v) is 4.82. The minimum absolute atomic E-state index is 0.799. The van der Waals surface area contributed by atoms with Crippen LogP contribution in [0.1, 0.15) is 18.1 Å². The quantitative estimate of drug-likeness (QED) is 0.802. The largest absolute Gasteiger partial charge is 0.398 e. The van der Waals surface area contributed by atoms with Crippen molar-refractivity contribution < 1.29 is 0 Å². The fraction of sp³-hybridized carbons (Fsp3) is 0.400. The first-order valence-corrected chi connectivity index (χ1v) is 8.86. The predicted octanol–water partition coefficient (Wildman–Crippen LogP) is 2.70. The van der Waals surface area contributed by atoms with Crippen molar-refractivity contribution in [3.63, 3.8) is 0 Å². The van der Waals surface area contributed by atoms with Gasteiger partial charge in [-0.15, -0.1) is 0 Å². The Morgan fingerprint density at radius 2 is 1.62 bits per heavy atom.